The average Bonchev–Trinajstić information content (AvgIpc) is 2.16. The van der Waals surface area contributed by atoms with Gasteiger partial charge in [-0.1, -0.05) is 6.07 Å². The Morgan fingerprint density at radius 3 is 2.69 bits per heavy atom. The van der Waals surface area contributed by atoms with Crippen molar-refractivity contribution >= 4 is 0 Å². The number of nitriles is 1. The van der Waals surface area contributed by atoms with Crippen LogP contribution in [0.4, 0.5) is 4.39 Å². The van der Waals surface area contributed by atoms with E-state index in [4.69, 9.17) is 16.7 Å². The molecule has 3 nitrogen and oxygen atoms in total. The van der Waals surface area contributed by atoms with Crippen LogP contribution >= 0.6 is 0 Å². The van der Waals surface area contributed by atoms with Crippen LogP contribution in [0.2, 0.25) is 0 Å². The number of halogens is 1. The first-order valence-corrected chi connectivity index (χ1v) is 3.84. The van der Waals surface area contributed by atoms with Crippen molar-refractivity contribution in [3.8, 4) is 6.07 Å². The van der Waals surface area contributed by atoms with Crippen molar-refractivity contribution in [1.29, 1.82) is 5.26 Å². The van der Waals surface area contributed by atoms with E-state index in [0.29, 0.717) is 5.56 Å². The summed E-state index contributed by atoms with van der Waals surface area (Å²) in [5.41, 5.74) is 11.5. The molecule has 4 heteroatoms. The zero-order chi connectivity index (χ0) is 9.84. The van der Waals surface area contributed by atoms with Gasteiger partial charge in [0.15, 0.2) is 0 Å². The molecular formula is C9H10FN3. The fraction of sp³-hybridized carbons (Fsp3) is 0.222. The van der Waals surface area contributed by atoms with Crippen molar-refractivity contribution in [1.82, 2.24) is 0 Å². The number of hydrogen-bond acceptors (Lipinski definition) is 3. The second kappa shape index (κ2) is 3.99. The highest BCUT2D eigenvalue weighted by Gasteiger charge is 2.09. The Balaban J connectivity index is 3.07. The highest BCUT2D eigenvalue weighted by Crippen LogP contribution is 2.15. The fourth-order valence-electron chi connectivity index (χ4n) is 1.02. The van der Waals surface area contributed by atoms with E-state index in [1.807, 2.05) is 6.07 Å². The Labute approximate surface area is 75.8 Å². The minimum atomic E-state index is -0.507. The Morgan fingerprint density at radius 1 is 1.54 bits per heavy atom. The summed E-state index contributed by atoms with van der Waals surface area (Å²) in [5.74, 6) is -0.475. The zero-order valence-corrected chi connectivity index (χ0v) is 7.00. The number of benzene rings is 1. The van der Waals surface area contributed by atoms with Crippen molar-refractivity contribution in [2.45, 2.75) is 6.04 Å². The van der Waals surface area contributed by atoms with Crippen molar-refractivity contribution in [2.75, 3.05) is 6.54 Å². The Bertz CT molecular complexity index is 343. The normalized spacial score (nSPS) is 12.2. The monoisotopic (exact) mass is 179 g/mol. The van der Waals surface area contributed by atoms with Crippen LogP contribution in [-0.4, -0.2) is 6.54 Å². The van der Waals surface area contributed by atoms with Gasteiger partial charge in [-0.15, -0.1) is 0 Å². The number of hydrogen-bond donors (Lipinski definition) is 2. The third kappa shape index (κ3) is 2.02. The van der Waals surface area contributed by atoms with E-state index < -0.39 is 11.9 Å². The van der Waals surface area contributed by atoms with Gasteiger partial charge in [-0.2, -0.15) is 5.26 Å². The van der Waals surface area contributed by atoms with Crippen LogP contribution in [0.1, 0.15) is 17.2 Å². The van der Waals surface area contributed by atoms with Gasteiger partial charge in [0.2, 0.25) is 0 Å². The molecule has 13 heavy (non-hydrogen) atoms. The minimum Gasteiger partial charge on any atom is -0.329 e. The molecule has 0 fully saturated rings. The molecule has 0 heterocycles. The van der Waals surface area contributed by atoms with Crippen LogP contribution in [-0.2, 0) is 0 Å². The molecule has 1 atom stereocenters. The highest BCUT2D eigenvalue weighted by atomic mass is 19.1. The molecule has 68 valence electrons. The van der Waals surface area contributed by atoms with Gasteiger partial charge in [0.05, 0.1) is 11.6 Å². The van der Waals surface area contributed by atoms with Gasteiger partial charge in [0, 0.05) is 18.2 Å². The standard InChI is InChI=1S/C9H10FN3/c10-8-3-6(4-11)1-2-7(8)9(13)5-12/h1-3,9H,5,12-13H2. The maximum atomic E-state index is 13.2. The highest BCUT2D eigenvalue weighted by molar-refractivity contribution is 5.34. The molecule has 1 aromatic rings. The second-order valence-electron chi connectivity index (χ2n) is 2.69. The largest absolute Gasteiger partial charge is 0.329 e. The van der Waals surface area contributed by atoms with Gasteiger partial charge < -0.3 is 11.5 Å². The Hall–Kier alpha value is -1.44. The molecule has 0 amide bonds. The van der Waals surface area contributed by atoms with Crippen molar-refractivity contribution < 1.29 is 4.39 Å². The molecule has 1 aromatic carbocycles. The lowest BCUT2D eigenvalue weighted by Crippen LogP contribution is -2.21. The topological polar surface area (TPSA) is 75.8 Å². The summed E-state index contributed by atoms with van der Waals surface area (Å²) in [7, 11) is 0. The third-order valence-corrected chi connectivity index (χ3v) is 1.78. The summed E-state index contributed by atoms with van der Waals surface area (Å²) >= 11 is 0. The number of nitrogens with zero attached hydrogens (tertiary/aromatic N) is 1. The first kappa shape index (κ1) is 9.65. The molecule has 0 aliphatic carbocycles. The maximum Gasteiger partial charge on any atom is 0.129 e. The maximum absolute atomic E-state index is 13.2. The lowest BCUT2D eigenvalue weighted by atomic mass is 10.1. The van der Waals surface area contributed by atoms with E-state index in [1.54, 1.807) is 0 Å². The van der Waals surface area contributed by atoms with Crippen molar-refractivity contribution in [3.63, 3.8) is 0 Å². The van der Waals surface area contributed by atoms with E-state index in [0.717, 1.165) is 6.07 Å². The summed E-state index contributed by atoms with van der Waals surface area (Å²) in [4.78, 5) is 0. The van der Waals surface area contributed by atoms with Crippen LogP contribution in [0.5, 0.6) is 0 Å². The number of rotatable bonds is 2. The Kier molecular flexibility index (Phi) is 2.96. The molecule has 0 aromatic heterocycles. The van der Waals surface area contributed by atoms with Crippen LogP contribution < -0.4 is 11.5 Å². The molecule has 0 saturated carbocycles. The molecule has 0 saturated heterocycles. The smallest absolute Gasteiger partial charge is 0.129 e. The summed E-state index contributed by atoms with van der Waals surface area (Å²) in [6.07, 6.45) is 0. The molecule has 0 spiro atoms. The van der Waals surface area contributed by atoms with E-state index >= 15 is 0 Å². The molecule has 0 bridgehead atoms. The van der Waals surface area contributed by atoms with Crippen LogP contribution in [0, 0.1) is 17.1 Å². The first-order chi connectivity index (χ1) is 6.19. The van der Waals surface area contributed by atoms with Gasteiger partial charge in [-0.25, -0.2) is 4.39 Å². The SMILES string of the molecule is N#Cc1ccc(C(N)CN)c(F)c1. The van der Waals surface area contributed by atoms with Crippen LogP contribution in [0.3, 0.4) is 0 Å². The summed E-state index contributed by atoms with van der Waals surface area (Å²) < 4.78 is 13.2. The fourth-order valence-corrected chi connectivity index (χ4v) is 1.02. The molecule has 1 unspecified atom stereocenters. The van der Waals surface area contributed by atoms with Crippen LogP contribution in [0.25, 0.3) is 0 Å². The molecule has 0 aliphatic heterocycles. The summed E-state index contributed by atoms with van der Waals surface area (Å²) in [6.45, 7) is 0.183. The molecule has 0 aliphatic rings. The molecular weight excluding hydrogens is 169 g/mol. The minimum absolute atomic E-state index is 0.183. The van der Waals surface area contributed by atoms with Gasteiger partial charge in [0.25, 0.3) is 0 Å². The summed E-state index contributed by atoms with van der Waals surface area (Å²) in [6, 6.07) is 5.50. The third-order valence-electron chi connectivity index (χ3n) is 1.78. The predicted molar refractivity (Wildman–Crippen MR) is 47.1 cm³/mol. The molecule has 1 rings (SSSR count). The zero-order valence-electron chi connectivity index (χ0n) is 7.00. The van der Waals surface area contributed by atoms with E-state index in [2.05, 4.69) is 0 Å². The van der Waals surface area contributed by atoms with Crippen molar-refractivity contribution in [2.24, 2.45) is 11.5 Å². The molecule has 0 radical (unpaired) electrons. The lowest BCUT2D eigenvalue weighted by Gasteiger charge is -2.09. The number of nitrogens with two attached hydrogens (primary N) is 2. The average molecular weight is 179 g/mol. The lowest BCUT2D eigenvalue weighted by molar-refractivity contribution is 0.584. The van der Waals surface area contributed by atoms with Crippen LogP contribution in [0.15, 0.2) is 18.2 Å². The van der Waals surface area contributed by atoms with Gasteiger partial charge in [-0.05, 0) is 12.1 Å². The predicted octanol–water partition coefficient (Wildman–Crippen LogP) is 0.656. The quantitative estimate of drug-likeness (QED) is 0.700. The summed E-state index contributed by atoms with van der Waals surface area (Å²) in [5, 5.41) is 8.48. The van der Waals surface area contributed by atoms with Gasteiger partial charge >= 0.3 is 0 Å². The van der Waals surface area contributed by atoms with Crippen molar-refractivity contribution in [3.05, 3.63) is 35.1 Å². The van der Waals surface area contributed by atoms with Gasteiger partial charge in [0.1, 0.15) is 5.82 Å². The van der Waals surface area contributed by atoms with Gasteiger partial charge in [-0.3, -0.25) is 0 Å². The van der Waals surface area contributed by atoms with E-state index in [-0.39, 0.29) is 12.1 Å². The molecule has 4 N–H and O–H groups in total. The Morgan fingerprint density at radius 2 is 2.23 bits per heavy atom. The van der Waals surface area contributed by atoms with E-state index in [9.17, 15) is 4.39 Å². The van der Waals surface area contributed by atoms with E-state index in [1.165, 1.54) is 12.1 Å². The first-order valence-electron chi connectivity index (χ1n) is 3.84. The second-order valence-corrected chi connectivity index (χ2v) is 2.69.